The van der Waals surface area contributed by atoms with Gasteiger partial charge in [0.05, 0.1) is 41.2 Å². The van der Waals surface area contributed by atoms with E-state index in [1.54, 1.807) is 45.9 Å². The fourth-order valence-electron chi connectivity index (χ4n) is 6.05. The van der Waals surface area contributed by atoms with Gasteiger partial charge in [-0.2, -0.15) is 0 Å². The number of methoxy groups -OCH3 is 3. The molecule has 0 amide bonds. The van der Waals surface area contributed by atoms with Crippen LogP contribution >= 0.6 is 0 Å². The number of aromatic hydroxyl groups is 1. The van der Waals surface area contributed by atoms with E-state index >= 15 is 0 Å². The zero-order valence-electron chi connectivity index (χ0n) is 30.7. The van der Waals surface area contributed by atoms with Crippen LogP contribution in [0, 0.1) is 6.92 Å². The second kappa shape index (κ2) is 15.6. The quantitative estimate of drug-likeness (QED) is 0.0797. The summed E-state index contributed by atoms with van der Waals surface area (Å²) in [5.41, 5.74) is 1.28. The van der Waals surface area contributed by atoms with Gasteiger partial charge in [0.1, 0.15) is 52.4 Å². The Hall–Kier alpha value is -6.51. The largest absolute Gasteiger partial charge is 0.504 e. The zero-order valence-corrected chi connectivity index (χ0v) is 30.7. The molecule has 0 saturated carbocycles. The number of fused-ring (bicyclic) bond motifs is 3. The van der Waals surface area contributed by atoms with E-state index in [4.69, 9.17) is 51.1 Å². The van der Waals surface area contributed by atoms with Gasteiger partial charge in [-0.05, 0) is 45.9 Å². The maximum Gasteiger partial charge on any atom is 0.342 e. The zero-order chi connectivity index (χ0) is 38.7. The van der Waals surface area contributed by atoms with Gasteiger partial charge in [0.2, 0.25) is 0 Å². The molecule has 1 N–H and O–H groups in total. The maximum atomic E-state index is 13.4. The summed E-state index contributed by atoms with van der Waals surface area (Å²) in [5.74, 6) is -0.387. The lowest BCUT2D eigenvalue weighted by Crippen LogP contribution is -2.09. The predicted octanol–water partition coefficient (Wildman–Crippen LogP) is 7.65. The smallest absolute Gasteiger partial charge is 0.342 e. The average Bonchev–Trinajstić information content (AvgIpc) is 3.80. The van der Waals surface area contributed by atoms with Gasteiger partial charge < -0.3 is 56.3 Å². The molecule has 15 nitrogen and oxygen atoms in total. The van der Waals surface area contributed by atoms with E-state index in [1.165, 1.54) is 39.5 Å². The van der Waals surface area contributed by atoms with Crippen molar-refractivity contribution in [1.29, 1.82) is 0 Å². The number of benzene rings is 3. The molecule has 0 radical (unpaired) electrons. The maximum absolute atomic E-state index is 13.4. The molecule has 0 bridgehead atoms. The van der Waals surface area contributed by atoms with Crippen LogP contribution in [0.2, 0.25) is 0 Å². The van der Waals surface area contributed by atoms with E-state index in [0.29, 0.717) is 33.3 Å². The molecule has 0 unspecified atom stereocenters. The molecule has 54 heavy (non-hydrogen) atoms. The molecular formula is C39H38O15. The van der Waals surface area contributed by atoms with Gasteiger partial charge in [-0.3, -0.25) is 0 Å². The Bertz CT molecular complexity index is 2370. The number of phenols is 1. The number of phenolic OH excluding ortho intramolecular Hbond substituents is 1. The van der Waals surface area contributed by atoms with Crippen molar-refractivity contribution in [3.05, 3.63) is 70.4 Å². The van der Waals surface area contributed by atoms with Crippen LogP contribution in [0.4, 0.5) is 0 Å². The third-order valence-electron chi connectivity index (χ3n) is 8.42. The van der Waals surface area contributed by atoms with Crippen LogP contribution in [-0.4, -0.2) is 64.2 Å². The molecule has 3 aromatic heterocycles. The summed E-state index contributed by atoms with van der Waals surface area (Å²) < 4.78 is 62.5. The number of carbonyl (C=O) groups is 3. The first-order valence-corrected chi connectivity index (χ1v) is 16.9. The summed E-state index contributed by atoms with van der Waals surface area (Å²) >= 11 is 0. The summed E-state index contributed by atoms with van der Waals surface area (Å²) in [4.78, 5) is 39.3. The molecule has 0 fully saturated rings. The van der Waals surface area contributed by atoms with Crippen LogP contribution in [0.3, 0.4) is 0 Å². The summed E-state index contributed by atoms with van der Waals surface area (Å²) in [5, 5.41) is 11.5. The second-order valence-corrected chi connectivity index (χ2v) is 11.6. The Morgan fingerprint density at radius 1 is 0.537 bits per heavy atom. The first kappa shape index (κ1) is 37.3. The molecule has 0 aliphatic carbocycles. The van der Waals surface area contributed by atoms with Gasteiger partial charge in [0.25, 0.3) is 0 Å². The molecule has 0 aliphatic rings. The fraction of sp³-hybridized carbons (Fsp3) is 0.308. The lowest BCUT2D eigenvalue weighted by Gasteiger charge is -2.11. The molecule has 3 aromatic carbocycles. The normalized spacial score (nSPS) is 11.2. The van der Waals surface area contributed by atoms with Crippen LogP contribution in [0.15, 0.2) is 49.6 Å². The third kappa shape index (κ3) is 6.87. The highest BCUT2D eigenvalue weighted by molar-refractivity contribution is 6.07. The molecule has 15 heteroatoms. The highest BCUT2D eigenvalue weighted by atomic mass is 16.6. The average molecular weight is 747 g/mol. The van der Waals surface area contributed by atoms with E-state index in [0.717, 1.165) is 0 Å². The Kier molecular flexibility index (Phi) is 10.8. The van der Waals surface area contributed by atoms with Crippen LogP contribution in [0.25, 0.3) is 32.9 Å². The molecule has 0 aliphatic heterocycles. The third-order valence-corrected chi connectivity index (χ3v) is 8.42. The molecule has 6 aromatic rings. The number of aryl methyl sites for hydroxylation is 1. The molecule has 0 saturated heterocycles. The van der Waals surface area contributed by atoms with Crippen molar-refractivity contribution in [1.82, 2.24) is 0 Å². The monoisotopic (exact) mass is 746 g/mol. The number of rotatable bonds is 15. The molecule has 0 spiro atoms. The first-order chi connectivity index (χ1) is 26.1. The Morgan fingerprint density at radius 3 is 1.37 bits per heavy atom. The summed E-state index contributed by atoms with van der Waals surface area (Å²) in [6.45, 7) is 6.54. The van der Waals surface area contributed by atoms with Crippen molar-refractivity contribution < 1.29 is 70.6 Å². The predicted molar refractivity (Wildman–Crippen MR) is 191 cm³/mol. The number of ether oxygens (including phenoxy) is 8. The Balaban J connectivity index is 1.37. The van der Waals surface area contributed by atoms with Crippen molar-refractivity contribution in [2.45, 2.75) is 40.9 Å². The van der Waals surface area contributed by atoms with E-state index < -0.39 is 17.9 Å². The van der Waals surface area contributed by atoms with Crippen molar-refractivity contribution in [2.75, 3.05) is 41.2 Å². The van der Waals surface area contributed by atoms with Crippen molar-refractivity contribution >= 4 is 50.8 Å². The van der Waals surface area contributed by atoms with E-state index in [2.05, 4.69) is 0 Å². The number of esters is 3. The highest BCUT2D eigenvalue weighted by Gasteiger charge is 2.28. The lowest BCUT2D eigenvalue weighted by atomic mass is 10.1. The van der Waals surface area contributed by atoms with Gasteiger partial charge in [-0.15, -0.1) is 0 Å². The van der Waals surface area contributed by atoms with Crippen molar-refractivity contribution in [2.24, 2.45) is 0 Å². The molecule has 6 rings (SSSR count). The summed E-state index contributed by atoms with van der Waals surface area (Å²) in [6, 6.07) is 9.07. The van der Waals surface area contributed by atoms with Crippen molar-refractivity contribution in [3.63, 3.8) is 0 Å². The van der Waals surface area contributed by atoms with Gasteiger partial charge in [0, 0.05) is 34.4 Å². The minimum atomic E-state index is -0.681. The molecule has 0 atom stereocenters. The minimum Gasteiger partial charge on any atom is -0.504 e. The standard InChI is InChI=1S/C39H38O15/c1-8-47-37(41)34-19(4)52-25-15-28(45-6)30(12-20(25)34)50-18-33-36(39(43)49-10-3)22-13-31(29(46-7)16-26(22)54-33)51-17-32-35(38(42)48-9-2)21-11-27(44-5)23(40)14-24(21)53-32/h11-16,40H,8-10,17-18H2,1-7H3. The van der Waals surface area contributed by atoms with Crippen LogP contribution in [0.1, 0.15) is 69.1 Å². The van der Waals surface area contributed by atoms with Crippen LogP contribution in [0.5, 0.6) is 34.5 Å². The number of furan rings is 3. The minimum absolute atomic E-state index is 0.0734. The second-order valence-electron chi connectivity index (χ2n) is 11.6. The van der Waals surface area contributed by atoms with E-state index in [1.807, 2.05) is 0 Å². The number of carbonyl (C=O) groups excluding carboxylic acids is 3. The number of hydrogen-bond donors (Lipinski definition) is 1. The molecule has 3 heterocycles. The van der Waals surface area contributed by atoms with Crippen molar-refractivity contribution in [3.8, 4) is 34.5 Å². The van der Waals surface area contributed by atoms with E-state index in [-0.39, 0.29) is 101 Å². The van der Waals surface area contributed by atoms with Gasteiger partial charge >= 0.3 is 17.9 Å². The Morgan fingerprint density at radius 2 is 0.926 bits per heavy atom. The number of hydrogen-bond acceptors (Lipinski definition) is 15. The van der Waals surface area contributed by atoms with Gasteiger partial charge in [-0.1, -0.05) is 0 Å². The SMILES string of the molecule is CCOC(=O)c1c(C)oc2cc(OC)c(OCc3oc4cc(OC)c(OCc5oc6cc(O)c(OC)cc6c5C(=O)OCC)cc4c3C(=O)OCC)cc12. The summed E-state index contributed by atoms with van der Waals surface area (Å²) in [6.07, 6.45) is 0. The van der Waals surface area contributed by atoms with Crippen LogP contribution < -0.4 is 23.7 Å². The topological polar surface area (TPSA) is 185 Å². The lowest BCUT2D eigenvalue weighted by molar-refractivity contribution is 0.0513. The van der Waals surface area contributed by atoms with Gasteiger partial charge in [-0.25, -0.2) is 14.4 Å². The Labute approximate surface area is 308 Å². The fourth-order valence-corrected chi connectivity index (χ4v) is 6.05. The first-order valence-electron chi connectivity index (χ1n) is 16.9. The van der Waals surface area contributed by atoms with Gasteiger partial charge in [0.15, 0.2) is 46.0 Å². The van der Waals surface area contributed by atoms with E-state index in [9.17, 15) is 19.5 Å². The summed E-state index contributed by atoms with van der Waals surface area (Å²) in [7, 11) is 4.27. The molecular weight excluding hydrogens is 708 g/mol. The highest BCUT2D eigenvalue weighted by Crippen LogP contribution is 2.41. The van der Waals surface area contributed by atoms with Crippen LogP contribution in [-0.2, 0) is 27.4 Å². The molecule has 284 valence electrons.